The molecule has 1 saturated carbocycles. The fourth-order valence-corrected chi connectivity index (χ4v) is 3.37. The van der Waals surface area contributed by atoms with Crippen LogP contribution in [0.25, 0.3) is 0 Å². The normalized spacial score (nSPS) is 19.4. The molecule has 4 rings (SSSR count). The zero-order valence-corrected chi connectivity index (χ0v) is 15.6. The Morgan fingerprint density at radius 2 is 2.07 bits per heavy atom. The monoisotopic (exact) mass is 371 g/mol. The highest BCUT2D eigenvalue weighted by Gasteiger charge is 2.34. The van der Waals surface area contributed by atoms with Gasteiger partial charge < -0.3 is 18.9 Å². The molecule has 1 aliphatic carbocycles. The second kappa shape index (κ2) is 8.08. The molecule has 0 N–H and O–H groups in total. The Labute approximate surface area is 158 Å². The molecule has 1 atom stereocenters. The molecule has 0 spiro atoms. The molecule has 7 nitrogen and oxygen atoms in total. The van der Waals surface area contributed by atoms with E-state index in [9.17, 15) is 4.79 Å². The van der Waals surface area contributed by atoms with E-state index in [1.165, 1.54) is 12.8 Å². The van der Waals surface area contributed by atoms with Crippen LogP contribution in [0.2, 0.25) is 0 Å². The van der Waals surface area contributed by atoms with Gasteiger partial charge in [-0.25, -0.2) is 0 Å². The maximum Gasteiger partial charge on any atom is 0.254 e. The maximum absolute atomic E-state index is 12.9. The van der Waals surface area contributed by atoms with Crippen LogP contribution in [0.1, 0.15) is 53.8 Å². The SMILES string of the molecule is COc1ccc(C(=O)N2CCCC2c2nc(CCOCC3CC3)no2)cc1. The number of aromatic nitrogens is 2. The summed E-state index contributed by atoms with van der Waals surface area (Å²) in [6, 6.07) is 7.00. The predicted octanol–water partition coefficient (Wildman–Crippen LogP) is 3.02. The first kappa shape index (κ1) is 18.0. The lowest BCUT2D eigenvalue weighted by Gasteiger charge is -2.22. The number of hydrogen-bond acceptors (Lipinski definition) is 6. The predicted molar refractivity (Wildman–Crippen MR) is 97.6 cm³/mol. The van der Waals surface area contributed by atoms with Crippen LogP contribution in [0.4, 0.5) is 0 Å². The van der Waals surface area contributed by atoms with Crippen molar-refractivity contribution in [2.24, 2.45) is 5.92 Å². The Hall–Kier alpha value is -2.41. The van der Waals surface area contributed by atoms with Crippen molar-refractivity contribution in [3.05, 3.63) is 41.5 Å². The van der Waals surface area contributed by atoms with Crippen LogP contribution in [0, 0.1) is 5.92 Å². The van der Waals surface area contributed by atoms with Crippen LogP contribution in [0.5, 0.6) is 5.75 Å². The van der Waals surface area contributed by atoms with Gasteiger partial charge in [-0.1, -0.05) is 5.16 Å². The summed E-state index contributed by atoms with van der Waals surface area (Å²) in [6.07, 6.45) is 4.96. The van der Waals surface area contributed by atoms with Crippen molar-refractivity contribution in [3.8, 4) is 5.75 Å². The van der Waals surface area contributed by atoms with Gasteiger partial charge in [-0.15, -0.1) is 0 Å². The quantitative estimate of drug-likeness (QED) is 0.664. The lowest BCUT2D eigenvalue weighted by molar-refractivity contribution is 0.0710. The number of rotatable bonds is 8. The van der Waals surface area contributed by atoms with Crippen LogP contribution in [0.3, 0.4) is 0 Å². The Bertz CT molecular complexity index is 770. The number of hydrogen-bond donors (Lipinski definition) is 0. The smallest absolute Gasteiger partial charge is 0.254 e. The van der Waals surface area contributed by atoms with Crippen molar-refractivity contribution < 1.29 is 18.8 Å². The summed E-state index contributed by atoms with van der Waals surface area (Å²) in [5.74, 6) is 2.63. The van der Waals surface area contributed by atoms with E-state index >= 15 is 0 Å². The van der Waals surface area contributed by atoms with Gasteiger partial charge >= 0.3 is 0 Å². The van der Waals surface area contributed by atoms with Gasteiger partial charge in [-0.3, -0.25) is 4.79 Å². The minimum atomic E-state index is -0.159. The number of ether oxygens (including phenoxy) is 2. The molecule has 0 bridgehead atoms. The largest absolute Gasteiger partial charge is 0.497 e. The lowest BCUT2D eigenvalue weighted by Crippen LogP contribution is -2.30. The minimum absolute atomic E-state index is 0.0207. The summed E-state index contributed by atoms with van der Waals surface area (Å²) in [5.41, 5.74) is 0.635. The summed E-state index contributed by atoms with van der Waals surface area (Å²) < 4.78 is 16.3. The zero-order chi connectivity index (χ0) is 18.6. The van der Waals surface area contributed by atoms with E-state index in [0.29, 0.717) is 36.9 Å². The van der Waals surface area contributed by atoms with Crippen LogP contribution in [-0.2, 0) is 11.2 Å². The van der Waals surface area contributed by atoms with E-state index < -0.39 is 0 Å². The highest BCUT2D eigenvalue weighted by Crippen LogP contribution is 2.32. The second-order valence-corrected chi connectivity index (χ2v) is 7.20. The van der Waals surface area contributed by atoms with Crippen molar-refractivity contribution in [1.29, 1.82) is 0 Å². The van der Waals surface area contributed by atoms with E-state index in [1.54, 1.807) is 31.4 Å². The van der Waals surface area contributed by atoms with Gasteiger partial charge in [0, 0.05) is 25.1 Å². The van der Waals surface area contributed by atoms with Gasteiger partial charge in [0.1, 0.15) is 11.8 Å². The first-order valence-electron chi connectivity index (χ1n) is 9.60. The Balaban J connectivity index is 1.37. The first-order chi connectivity index (χ1) is 13.2. The topological polar surface area (TPSA) is 77.7 Å². The molecule has 2 fully saturated rings. The van der Waals surface area contributed by atoms with E-state index in [0.717, 1.165) is 31.1 Å². The van der Waals surface area contributed by atoms with Crippen LogP contribution < -0.4 is 4.74 Å². The Morgan fingerprint density at radius 3 is 2.81 bits per heavy atom. The third-order valence-electron chi connectivity index (χ3n) is 5.14. The maximum atomic E-state index is 12.9. The molecule has 2 aromatic rings. The molecule has 1 aliphatic heterocycles. The molecule has 27 heavy (non-hydrogen) atoms. The van der Waals surface area contributed by atoms with Gasteiger partial charge in [0.25, 0.3) is 5.91 Å². The van der Waals surface area contributed by atoms with Crippen molar-refractivity contribution in [2.75, 3.05) is 26.9 Å². The minimum Gasteiger partial charge on any atom is -0.497 e. The second-order valence-electron chi connectivity index (χ2n) is 7.20. The van der Waals surface area contributed by atoms with Crippen LogP contribution >= 0.6 is 0 Å². The molecular formula is C20H25N3O4. The summed E-state index contributed by atoms with van der Waals surface area (Å²) in [4.78, 5) is 19.2. The molecule has 1 unspecified atom stereocenters. The molecule has 0 radical (unpaired) electrons. The Morgan fingerprint density at radius 1 is 1.26 bits per heavy atom. The number of likely N-dealkylation sites (tertiary alicyclic amines) is 1. The number of amides is 1. The standard InChI is InChI=1S/C20H25N3O4/c1-25-16-8-6-15(7-9-16)20(24)23-11-2-3-17(23)19-21-18(22-27-19)10-12-26-13-14-4-5-14/h6-9,14,17H,2-5,10-13H2,1H3. The van der Waals surface area contributed by atoms with E-state index in [1.807, 2.05) is 4.90 Å². The number of carbonyl (C=O) groups is 1. The van der Waals surface area contributed by atoms with Crippen molar-refractivity contribution in [2.45, 2.75) is 38.1 Å². The average Bonchev–Trinajstić information content (AvgIpc) is 3.19. The van der Waals surface area contributed by atoms with E-state index in [4.69, 9.17) is 14.0 Å². The average molecular weight is 371 g/mol. The van der Waals surface area contributed by atoms with Gasteiger partial charge in [0.2, 0.25) is 5.89 Å². The molecule has 1 aromatic carbocycles. The van der Waals surface area contributed by atoms with Crippen LogP contribution in [-0.4, -0.2) is 47.8 Å². The molecule has 2 aliphatic rings. The molecule has 1 saturated heterocycles. The zero-order valence-electron chi connectivity index (χ0n) is 15.6. The van der Waals surface area contributed by atoms with Crippen LogP contribution in [0.15, 0.2) is 28.8 Å². The Kier molecular flexibility index (Phi) is 5.38. The van der Waals surface area contributed by atoms with Crippen molar-refractivity contribution in [3.63, 3.8) is 0 Å². The number of methoxy groups -OCH3 is 1. The fraction of sp³-hybridized carbons (Fsp3) is 0.550. The molecule has 7 heteroatoms. The van der Waals surface area contributed by atoms with Crippen molar-refractivity contribution >= 4 is 5.91 Å². The number of carbonyl (C=O) groups excluding carboxylic acids is 1. The molecule has 1 amide bonds. The summed E-state index contributed by atoms with van der Waals surface area (Å²) in [5, 5.41) is 4.06. The van der Waals surface area contributed by atoms with Gasteiger partial charge in [0.05, 0.1) is 13.7 Å². The third kappa shape index (κ3) is 4.30. The fourth-order valence-electron chi connectivity index (χ4n) is 3.37. The van der Waals surface area contributed by atoms with E-state index in [-0.39, 0.29) is 11.9 Å². The first-order valence-corrected chi connectivity index (χ1v) is 9.60. The van der Waals surface area contributed by atoms with Gasteiger partial charge in [-0.2, -0.15) is 4.98 Å². The summed E-state index contributed by atoms with van der Waals surface area (Å²) in [7, 11) is 1.61. The van der Waals surface area contributed by atoms with Crippen molar-refractivity contribution in [1.82, 2.24) is 15.0 Å². The summed E-state index contributed by atoms with van der Waals surface area (Å²) >= 11 is 0. The third-order valence-corrected chi connectivity index (χ3v) is 5.14. The highest BCUT2D eigenvalue weighted by molar-refractivity contribution is 5.94. The summed E-state index contributed by atoms with van der Waals surface area (Å²) in [6.45, 7) is 2.13. The molecule has 144 valence electrons. The molecule has 1 aromatic heterocycles. The lowest BCUT2D eigenvalue weighted by atomic mass is 10.1. The molecular weight excluding hydrogens is 346 g/mol. The van der Waals surface area contributed by atoms with Gasteiger partial charge in [-0.05, 0) is 55.9 Å². The van der Waals surface area contributed by atoms with Gasteiger partial charge in [0.15, 0.2) is 5.82 Å². The molecule has 2 heterocycles. The highest BCUT2D eigenvalue weighted by atomic mass is 16.5. The van der Waals surface area contributed by atoms with E-state index in [2.05, 4.69) is 10.1 Å². The number of benzene rings is 1. The number of nitrogens with zero attached hydrogens (tertiary/aromatic N) is 3.